The third-order valence-electron chi connectivity index (χ3n) is 3.39. The van der Waals surface area contributed by atoms with Crippen LogP contribution in [0.25, 0.3) is 11.0 Å². The Kier molecular flexibility index (Phi) is 5.62. The zero-order valence-electron chi connectivity index (χ0n) is 13.4. The normalized spacial score (nSPS) is 11.6. The smallest absolute Gasteiger partial charge is 0.406 e. The number of alkyl halides is 3. The van der Waals surface area contributed by atoms with Gasteiger partial charge in [0.25, 0.3) is 5.91 Å². The molecule has 0 saturated carbocycles. The van der Waals surface area contributed by atoms with Crippen molar-refractivity contribution in [2.75, 3.05) is 19.7 Å². The Morgan fingerprint density at radius 2 is 2.00 bits per heavy atom. The van der Waals surface area contributed by atoms with Gasteiger partial charge < -0.3 is 14.1 Å². The predicted molar refractivity (Wildman–Crippen MR) is 84.6 cm³/mol. The van der Waals surface area contributed by atoms with Crippen LogP contribution in [0.3, 0.4) is 0 Å². The van der Waals surface area contributed by atoms with Crippen molar-refractivity contribution >= 4 is 34.4 Å². The van der Waals surface area contributed by atoms with Crippen LogP contribution in [-0.2, 0) is 9.53 Å². The van der Waals surface area contributed by atoms with Crippen LogP contribution in [0.4, 0.5) is 13.2 Å². The summed E-state index contributed by atoms with van der Waals surface area (Å²) in [7, 11) is 0. The molecule has 25 heavy (non-hydrogen) atoms. The molecule has 0 spiro atoms. The average Bonchev–Trinajstić information content (AvgIpc) is 2.84. The van der Waals surface area contributed by atoms with Crippen molar-refractivity contribution in [1.82, 2.24) is 4.90 Å². The van der Waals surface area contributed by atoms with Gasteiger partial charge in [-0.25, -0.2) is 0 Å². The average molecular weight is 378 g/mol. The lowest BCUT2D eigenvalue weighted by Crippen LogP contribution is -2.42. The van der Waals surface area contributed by atoms with E-state index in [0.29, 0.717) is 15.8 Å². The lowest BCUT2D eigenvalue weighted by atomic mass is 10.1. The van der Waals surface area contributed by atoms with Crippen molar-refractivity contribution in [3.8, 4) is 0 Å². The highest BCUT2D eigenvalue weighted by molar-refractivity contribution is 6.35. The van der Waals surface area contributed by atoms with E-state index in [1.807, 2.05) is 0 Å². The summed E-state index contributed by atoms with van der Waals surface area (Å²) in [5, 5.41) is 0.742. The number of benzene rings is 1. The molecule has 2 rings (SSSR count). The lowest BCUT2D eigenvalue weighted by molar-refractivity contribution is -0.153. The van der Waals surface area contributed by atoms with Gasteiger partial charge in [-0.1, -0.05) is 23.7 Å². The fraction of sp³-hybridized carbons (Fsp3) is 0.375. The number of aryl methyl sites for hydroxylation is 1. The Morgan fingerprint density at radius 1 is 1.32 bits per heavy atom. The van der Waals surface area contributed by atoms with Gasteiger partial charge in [-0.2, -0.15) is 13.2 Å². The second-order valence-corrected chi connectivity index (χ2v) is 5.66. The fourth-order valence-corrected chi connectivity index (χ4v) is 2.55. The van der Waals surface area contributed by atoms with Gasteiger partial charge in [-0.15, -0.1) is 0 Å². The first-order valence-electron chi connectivity index (χ1n) is 7.33. The van der Waals surface area contributed by atoms with Crippen LogP contribution in [0.2, 0.25) is 5.02 Å². The number of esters is 1. The Morgan fingerprint density at radius 3 is 2.56 bits per heavy atom. The van der Waals surface area contributed by atoms with E-state index in [1.54, 1.807) is 12.1 Å². The van der Waals surface area contributed by atoms with E-state index in [2.05, 4.69) is 4.74 Å². The van der Waals surface area contributed by atoms with E-state index in [-0.39, 0.29) is 23.0 Å². The number of hydrogen-bond donors (Lipinski definition) is 0. The molecule has 0 aliphatic carbocycles. The molecule has 136 valence electrons. The molecule has 0 aliphatic heterocycles. The maximum atomic E-state index is 12.8. The van der Waals surface area contributed by atoms with Crippen molar-refractivity contribution in [3.63, 3.8) is 0 Å². The SMILES string of the molecule is CCOC(=O)CN(CC(F)(F)F)C(=O)c1oc2c(Cl)cccc2c1C. The first-order valence-corrected chi connectivity index (χ1v) is 7.71. The largest absolute Gasteiger partial charge is 0.465 e. The van der Waals surface area contributed by atoms with E-state index in [9.17, 15) is 22.8 Å². The first-order chi connectivity index (χ1) is 11.6. The van der Waals surface area contributed by atoms with E-state index in [1.165, 1.54) is 19.9 Å². The summed E-state index contributed by atoms with van der Waals surface area (Å²) in [6.45, 7) is 0.599. The lowest BCUT2D eigenvalue weighted by Gasteiger charge is -2.22. The number of rotatable bonds is 5. The van der Waals surface area contributed by atoms with Gasteiger partial charge in [0.2, 0.25) is 0 Å². The van der Waals surface area contributed by atoms with Crippen LogP contribution in [0.5, 0.6) is 0 Å². The molecule has 0 bridgehead atoms. The monoisotopic (exact) mass is 377 g/mol. The van der Waals surface area contributed by atoms with Crippen LogP contribution >= 0.6 is 11.6 Å². The molecule has 0 aliphatic rings. The van der Waals surface area contributed by atoms with Crippen molar-refractivity contribution in [2.45, 2.75) is 20.0 Å². The molecule has 0 N–H and O–H groups in total. The molecule has 1 heterocycles. The number of para-hydroxylation sites is 1. The number of carbonyl (C=O) groups excluding carboxylic acids is 2. The molecule has 2 aromatic rings. The van der Waals surface area contributed by atoms with Gasteiger partial charge >= 0.3 is 12.1 Å². The number of furan rings is 1. The molecule has 0 atom stereocenters. The quantitative estimate of drug-likeness (QED) is 0.740. The fourth-order valence-electron chi connectivity index (χ4n) is 2.33. The van der Waals surface area contributed by atoms with Crippen molar-refractivity contribution < 1.29 is 31.9 Å². The number of hydrogen-bond acceptors (Lipinski definition) is 4. The molecule has 1 aromatic carbocycles. The second-order valence-electron chi connectivity index (χ2n) is 5.25. The highest BCUT2D eigenvalue weighted by Gasteiger charge is 2.36. The maximum absolute atomic E-state index is 12.8. The minimum absolute atomic E-state index is 0.00778. The zero-order chi connectivity index (χ0) is 18.8. The molecule has 1 aromatic heterocycles. The number of fused-ring (bicyclic) bond motifs is 1. The van der Waals surface area contributed by atoms with E-state index < -0.39 is 31.1 Å². The Balaban J connectivity index is 2.40. The third-order valence-corrected chi connectivity index (χ3v) is 3.69. The Labute approximate surface area is 146 Å². The Bertz CT molecular complexity index is 801. The van der Waals surface area contributed by atoms with Gasteiger partial charge in [-0.3, -0.25) is 9.59 Å². The minimum atomic E-state index is -4.68. The van der Waals surface area contributed by atoms with E-state index in [0.717, 1.165) is 0 Å². The molecular formula is C16H15ClF3NO4. The van der Waals surface area contributed by atoms with Crippen molar-refractivity contribution in [3.05, 3.63) is 34.5 Å². The molecule has 0 saturated heterocycles. The Hall–Kier alpha value is -2.22. The summed E-state index contributed by atoms with van der Waals surface area (Å²) in [4.78, 5) is 24.4. The number of nitrogens with zero attached hydrogens (tertiary/aromatic N) is 1. The highest BCUT2D eigenvalue weighted by Crippen LogP contribution is 2.31. The third kappa shape index (κ3) is 4.45. The van der Waals surface area contributed by atoms with Gasteiger partial charge in [0.05, 0.1) is 11.6 Å². The van der Waals surface area contributed by atoms with E-state index in [4.69, 9.17) is 16.0 Å². The summed E-state index contributed by atoms with van der Waals surface area (Å²) in [5.41, 5.74) is 0.548. The molecule has 0 radical (unpaired) electrons. The number of halogens is 4. The summed E-state index contributed by atoms with van der Waals surface area (Å²) in [6, 6.07) is 4.80. The molecule has 0 fully saturated rings. The minimum Gasteiger partial charge on any atom is -0.465 e. The maximum Gasteiger partial charge on any atom is 0.406 e. The summed E-state index contributed by atoms with van der Waals surface area (Å²) < 4.78 is 48.4. The second kappa shape index (κ2) is 7.35. The topological polar surface area (TPSA) is 59.8 Å². The standard InChI is InChI=1S/C16H15ClF3NO4/c1-3-24-12(22)7-21(8-16(18,19)20)15(23)13-9(2)10-5-4-6-11(17)14(10)25-13/h4-6H,3,7-8H2,1-2H3. The zero-order valence-corrected chi connectivity index (χ0v) is 14.2. The highest BCUT2D eigenvalue weighted by atomic mass is 35.5. The van der Waals surface area contributed by atoms with Gasteiger partial charge in [0, 0.05) is 10.9 Å². The summed E-state index contributed by atoms with van der Waals surface area (Å²) in [5.74, 6) is -2.29. The molecule has 0 unspecified atom stereocenters. The summed E-state index contributed by atoms with van der Waals surface area (Å²) in [6.07, 6.45) is -4.68. The van der Waals surface area contributed by atoms with Crippen LogP contribution in [0.15, 0.2) is 22.6 Å². The number of carbonyl (C=O) groups is 2. The van der Waals surface area contributed by atoms with Crippen LogP contribution in [0, 0.1) is 6.92 Å². The number of ether oxygens (including phenoxy) is 1. The van der Waals surface area contributed by atoms with Gasteiger partial charge in [0.1, 0.15) is 13.1 Å². The predicted octanol–water partition coefficient (Wildman–Crippen LogP) is 3.96. The molecular weight excluding hydrogens is 363 g/mol. The molecule has 1 amide bonds. The first kappa shape index (κ1) is 19.1. The molecule has 5 nitrogen and oxygen atoms in total. The van der Waals surface area contributed by atoms with Crippen molar-refractivity contribution in [1.29, 1.82) is 0 Å². The van der Waals surface area contributed by atoms with Crippen LogP contribution < -0.4 is 0 Å². The molecule has 9 heteroatoms. The van der Waals surface area contributed by atoms with Crippen LogP contribution in [0.1, 0.15) is 23.0 Å². The van der Waals surface area contributed by atoms with E-state index >= 15 is 0 Å². The van der Waals surface area contributed by atoms with Crippen molar-refractivity contribution in [2.24, 2.45) is 0 Å². The van der Waals surface area contributed by atoms with Gasteiger partial charge in [0.15, 0.2) is 11.3 Å². The number of amides is 1. The summed E-state index contributed by atoms with van der Waals surface area (Å²) >= 11 is 5.99. The van der Waals surface area contributed by atoms with Crippen LogP contribution in [-0.4, -0.2) is 42.6 Å². The van der Waals surface area contributed by atoms with Gasteiger partial charge in [-0.05, 0) is 19.9 Å².